The highest BCUT2D eigenvalue weighted by Crippen LogP contribution is 2.52. The summed E-state index contributed by atoms with van der Waals surface area (Å²) >= 11 is 1.83. The van der Waals surface area contributed by atoms with Crippen LogP contribution in [0, 0.1) is 0 Å². The highest BCUT2D eigenvalue weighted by Gasteiger charge is 2.37. The van der Waals surface area contributed by atoms with E-state index in [4.69, 9.17) is 9.41 Å². The van der Waals surface area contributed by atoms with Crippen LogP contribution in [0.5, 0.6) is 0 Å². The zero-order valence-corrected chi connectivity index (χ0v) is 31.2. The minimum atomic E-state index is -0.287. The summed E-state index contributed by atoms with van der Waals surface area (Å²) in [4.78, 5) is 5.59. The van der Waals surface area contributed by atoms with Crippen LogP contribution in [0.1, 0.15) is 54.0 Å². The second kappa shape index (κ2) is 11.4. The van der Waals surface area contributed by atoms with E-state index in [9.17, 15) is 0 Å². The van der Waals surface area contributed by atoms with Gasteiger partial charge in [-0.15, -0.1) is 11.3 Å². The number of furan rings is 1. The SMILES string of the molecule is CC1(C)c2ccccc2-c2c3ccccc3c(C3=NC(c4ccccc4)NC(c4cc5c6ccccc6oc5c5c4sc4ccccc45)N3)c3cccc1c23. The fraction of sp³-hybridized carbons (Fsp3) is 0.100. The molecular weight excluding hydrogens is 691 g/mol. The van der Waals surface area contributed by atoms with Crippen LogP contribution in [0.4, 0.5) is 0 Å². The van der Waals surface area contributed by atoms with Crippen molar-refractivity contribution in [2.45, 2.75) is 31.6 Å². The molecule has 4 nitrogen and oxygen atoms in total. The first-order valence-electron chi connectivity index (χ1n) is 19.0. The summed E-state index contributed by atoms with van der Waals surface area (Å²) in [6.07, 6.45) is -0.543. The summed E-state index contributed by atoms with van der Waals surface area (Å²) < 4.78 is 9.13. The zero-order valence-electron chi connectivity index (χ0n) is 30.4. The van der Waals surface area contributed by atoms with Crippen molar-refractivity contribution in [3.8, 4) is 11.1 Å². The molecule has 55 heavy (non-hydrogen) atoms. The maximum atomic E-state index is 6.67. The van der Waals surface area contributed by atoms with Gasteiger partial charge in [0.1, 0.15) is 29.3 Å². The summed E-state index contributed by atoms with van der Waals surface area (Å²) in [5.41, 5.74) is 10.5. The van der Waals surface area contributed by atoms with Gasteiger partial charge in [-0.2, -0.15) is 0 Å². The van der Waals surface area contributed by atoms with E-state index < -0.39 is 0 Å². The molecule has 0 bridgehead atoms. The van der Waals surface area contributed by atoms with E-state index in [1.807, 2.05) is 11.3 Å². The number of thiophene rings is 1. The van der Waals surface area contributed by atoms with Crippen LogP contribution < -0.4 is 10.6 Å². The van der Waals surface area contributed by atoms with Crippen molar-refractivity contribution in [2.24, 2.45) is 4.99 Å². The van der Waals surface area contributed by atoms with Gasteiger partial charge < -0.3 is 9.73 Å². The lowest BCUT2D eigenvalue weighted by molar-refractivity contribution is 0.411. The molecule has 262 valence electrons. The maximum absolute atomic E-state index is 6.67. The fourth-order valence-electron chi connectivity index (χ4n) is 9.63. The van der Waals surface area contributed by atoms with Gasteiger partial charge in [-0.25, -0.2) is 4.99 Å². The van der Waals surface area contributed by atoms with Gasteiger partial charge in [0.05, 0.1) is 0 Å². The number of hydrogen-bond acceptors (Lipinski definition) is 5. The number of fused-ring (bicyclic) bond motifs is 11. The van der Waals surface area contributed by atoms with Crippen molar-refractivity contribution in [3.63, 3.8) is 0 Å². The lowest BCUT2D eigenvalue weighted by Crippen LogP contribution is -2.45. The third kappa shape index (κ3) is 4.34. The first-order chi connectivity index (χ1) is 27.0. The highest BCUT2D eigenvalue weighted by molar-refractivity contribution is 7.26. The molecular formula is C50H35N3OS. The molecule has 0 amide bonds. The number of para-hydroxylation sites is 1. The van der Waals surface area contributed by atoms with Crippen molar-refractivity contribution < 1.29 is 4.42 Å². The third-order valence-electron chi connectivity index (χ3n) is 12.1. The Labute approximate surface area is 321 Å². The van der Waals surface area contributed by atoms with E-state index in [1.54, 1.807) is 0 Å². The Morgan fingerprint density at radius 1 is 0.600 bits per heavy atom. The summed E-state index contributed by atoms with van der Waals surface area (Å²) in [5.74, 6) is 0.889. The van der Waals surface area contributed by atoms with Gasteiger partial charge in [-0.1, -0.05) is 147 Å². The first-order valence-corrected chi connectivity index (χ1v) is 19.8. The van der Waals surface area contributed by atoms with Crippen LogP contribution in [-0.4, -0.2) is 5.84 Å². The summed E-state index contributed by atoms with van der Waals surface area (Å²) in [6, 6.07) is 54.9. The number of aliphatic imine (C=N–C) groups is 1. The molecule has 2 atom stereocenters. The zero-order chi connectivity index (χ0) is 36.4. The molecule has 0 spiro atoms. The lowest BCUT2D eigenvalue weighted by Gasteiger charge is -2.37. The highest BCUT2D eigenvalue weighted by atomic mass is 32.1. The predicted molar refractivity (Wildman–Crippen MR) is 230 cm³/mol. The van der Waals surface area contributed by atoms with Gasteiger partial charge in [-0.05, 0) is 67.6 Å². The van der Waals surface area contributed by atoms with Crippen molar-refractivity contribution in [3.05, 3.63) is 179 Å². The van der Waals surface area contributed by atoms with Gasteiger partial charge in [-0.3, -0.25) is 5.32 Å². The molecule has 0 saturated carbocycles. The normalized spacial score (nSPS) is 17.6. The molecule has 0 saturated heterocycles. The Kier molecular flexibility index (Phi) is 6.43. The molecule has 10 aromatic rings. The molecule has 5 heteroatoms. The van der Waals surface area contributed by atoms with Gasteiger partial charge in [0.2, 0.25) is 0 Å². The standard InChI is InChI=1S/C50H35N3OS/c1-50(2)37-23-11-8-20-32(37)41-30-18-6-7-19-31(30)42(34-22-14-24-38(50)43(34)41)49-52-47(28-15-4-3-5-16-28)51-48(53-49)36-27-35-29-17-9-12-25-39(29)54-45(35)44-33-21-10-13-26-40(33)55-46(36)44/h3-27,47-48,51H,1-2H3,(H,52,53). The van der Waals surface area contributed by atoms with E-state index in [1.165, 1.54) is 69.5 Å². The quantitative estimate of drug-likeness (QED) is 0.178. The van der Waals surface area contributed by atoms with Gasteiger partial charge in [0.25, 0.3) is 0 Å². The maximum Gasteiger partial charge on any atom is 0.144 e. The third-order valence-corrected chi connectivity index (χ3v) is 13.4. The van der Waals surface area contributed by atoms with Gasteiger partial charge >= 0.3 is 0 Å². The number of benzene rings is 8. The molecule has 2 unspecified atom stereocenters. The van der Waals surface area contributed by atoms with Crippen molar-refractivity contribution in [1.29, 1.82) is 0 Å². The molecule has 12 rings (SSSR count). The molecule has 0 radical (unpaired) electrons. The molecule has 2 N–H and O–H groups in total. The molecule has 8 aromatic carbocycles. The fourth-order valence-corrected chi connectivity index (χ4v) is 10.9. The summed E-state index contributed by atoms with van der Waals surface area (Å²) in [7, 11) is 0. The number of rotatable bonds is 3. The Morgan fingerprint density at radius 2 is 1.27 bits per heavy atom. The minimum Gasteiger partial charge on any atom is -0.455 e. The Morgan fingerprint density at radius 3 is 2.13 bits per heavy atom. The van der Waals surface area contributed by atoms with Crippen molar-refractivity contribution in [1.82, 2.24) is 10.6 Å². The average molecular weight is 726 g/mol. The Balaban J connectivity index is 1.16. The van der Waals surface area contributed by atoms with Crippen LogP contribution in [0.15, 0.2) is 161 Å². The Bertz CT molecular complexity index is 3260. The van der Waals surface area contributed by atoms with Crippen molar-refractivity contribution in [2.75, 3.05) is 0 Å². The smallest absolute Gasteiger partial charge is 0.144 e. The molecule has 1 aliphatic carbocycles. The van der Waals surface area contributed by atoms with E-state index in [-0.39, 0.29) is 17.7 Å². The van der Waals surface area contributed by atoms with Crippen LogP contribution in [0.25, 0.3) is 74.8 Å². The minimum absolute atomic E-state index is 0.170. The topological polar surface area (TPSA) is 49.6 Å². The molecule has 0 fully saturated rings. The predicted octanol–water partition coefficient (Wildman–Crippen LogP) is 12.9. The largest absolute Gasteiger partial charge is 0.455 e. The Hall–Kier alpha value is -6.27. The van der Waals surface area contributed by atoms with Crippen molar-refractivity contribution >= 4 is 80.8 Å². The van der Waals surface area contributed by atoms with E-state index in [2.05, 4.69) is 176 Å². The average Bonchev–Trinajstić information content (AvgIpc) is 3.81. The second-order valence-corrected chi connectivity index (χ2v) is 16.5. The molecule has 1 aliphatic heterocycles. The number of nitrogens with zero attached hydrogens (tertiary/aromatic N) is 1. The summed E-state index contributed by atoms with van der Waals surface area (Å²) in [6.45, 7) is 4.73. The van der Waals surface area contributed by atoms with Crippen LogP contribution >= 0.6 is 11.3 Å². The van der Waals surface area contributed by atoms with Crippen LogP contribution in [0.3, 0.4) is 0 Å². The second-order valence-electron chi connectivity index (χ2n) is 15.5. The van der Waals surface area contributed by atoms with Crippen LogP contribution in [-0.2, 0) is 5.41 Å². The molecule has 2 aromatic heterocycles. The monoisotopic (exact) mass is 725 g/mol. The van der Waals surface area contributed by atoms with E-state index in [0.29, 0.717) is 0 Å². The summed E-state index contributed by atoms with van der Waals surface area (Å²) in [5, 5.41) is 17.6. The van der Waals surface area contributed by atoms with Gasteiger partial charge in [0.15, 0.2) is 0 Å². The first kappa shape index (κ1) is 31.1. The van der Waals surface area contributed by atoms with E-state index >= 15 is 0 Å². The molecule has 3 heterocycles. The van der Waals surface area contributed by atoms with Gasteiger partial charge in [0, 0.05) is 47.5 Å². The number of amidine groups is 1. The van der Waals surface area contributed by atoms with E-state index in [0.717, 1.165) is 38.9 Å². The number of nitrogens with one attached hydrogen (secondary N) is 2. The molecule has 2 aliphatic rings. The lowest BCUT2D eigenvalue weighted by atomic mass is 9.67. The van der Waals surface area contributed by atoms with Crippen LogP contribution in [0.2, 0.25) is 0 Å². The number of hydrogen-bond donors (Lipinski definition) is 2.